The lowest BCUT2D eigenvalue weighted by molar-refractivity contribution is 0.0963. The summed E-state index contributed by atoms with van der Waals surface area (Å²) in [5.74, 6) is -0.126. The van der Waals surface area contributed by atoms with E-state index in [-0.39, 0.29) is 11.5 Å². The average molecular weight is 456 g/mol. The van der Waals surface area contributed by atoms with Gasteiger partial charge in [-0.05, 0) is 45.1 Å². The van der Waals surface area contributed by atoms with Crippen LogP contribution in [0.4, 0.5) is 0 Å². The third-order valence-electron chi connectivity index (χ3n) is 6.04. The summed E-state index contributed by atoms with van der Waals surface area (Å²) in [7, 11) is 0. The number of rotatable bonds is 10. The van der Waals surface area contributed by atoms with Gasteiger partial charge in [-0.3, -0.25) is 23.5 Å². The van der Waals surface area contributed by atoms with Gasteiger partial charge in [0.2, 0.25) is 0 Å². The fourth-order valence-corrected chi connectivity index (χ4v) is 4.24. The number of carbonyl (C=O) groups excluding carboxylic acids is 2. The molecule has 3 rings (SSSR count). The largest absolute Gasteiger partial charge is 0.355 e. The minimum Gasteiger partial charge on any atom is -0.355 e. The van der Waals surface area contributed by atoms with Crippen molar-refractivity contribution < 1.29 is 9.59 Å². The van der Waals surface area contributed by atoms with Crippen molar-refractivity contribution in [3.63, 3.8) is 0 Å². The summed E-state index contributed by atoms with van der Waals surface area (Å²) in [5.41, 5.74) is 1.47. The van der Waals surface area contributed by atoms with Gasteiger partial charge in [0, 0.05) is 24.3 Å². The predicted molar refractivity (Wildman–Crippen MR) is 127 cm³/mol. The van der Waals surface area contributed by atoms with Crippen LogP contribution in [0.3, 0.4) is 0 Å². The molecule has 0 amide bonds. The molecule has 0 spiro atoms. The van der Waals surface area contributed by atoms with Crippen LogP contribution in [0.15, 0.2) is 15.9 Å². The topological polar surface area (TPSA) is 112 Å². The molecule has 0 aromatic carbocycles. The smallest absolute Gasteiger partial charge is 0.333 e. The van der Waals surface area contributed by atoms with Crippen molar-refractivity contribution in [2.75, 3.05) is 0 Å². The van der Waals surface area contributed by atoms with Crippen LogP contribution in [-0.4, -0.2) is 35.2 Å². The Morgan fingerprint density at radius 2 is 1.82 bits per heavy atom. The van der Waals surface area contributed by atoms with E-state index in [1.165, 1.54) is 11.5 Å². The van der Waals surface area contributed by atoms with Gasteiger partial charge in [0.25, 0.3) is 5.56 Å². The molecule has 0 radical (unpaired) electrons. The molecule has 9 heteroatoms. The maximum Gasteiger partial charge on any atom is 0.333 e. The highest BCUT2D eigenvalue weighted by atomic mass is 16.2. The van der Waals surface area contributed by atoms with Gasteiger partial charge in [0.15, 0.2) is 22.7 Å². The first-order valence-electron chi connectivity index (χ1n) is 11.5. The maximum absolute atomic E-state index is 13.4. The van der Waals surface area contributed by atoms with Crippen molar-refractivity contribution in [3.8, 4) is 0 Å². The predicted octanol–water partition coefficient (Wildman–Crippen LogP) is 3.24. The Labute approximate surface area is 192 Å². The number of aromatic amines is 1. The van der Waals surface area contributed by atoms with Crippen molar-refractivity contribution in [3.05, 3.63) is 49.7 Å². The standard InChI is InChI=1S/C24H33N5O4/c1-7-8-10-28-22-21(27(13-25-22)11-9-14(2)3)23(32)29(24(28)33)12-18(31)20-15(4)19(17(6)30)16(5)26-20/h13-14,26H,7-12H2,1-6H3. The molecule has 0 fully saturated rings. The highest BCUT2D eigenvalue weighted by Gasteiger charge is 2.23. The van der Waals surface area contributed by atoms with Crippen molar-refractivity contribution in [2.24, 2.45) is 5.92 Å². The first-order chi connectivity index (χ1) is 15.6. The first-order valence-corrected chi connectivity index (χ1v) is 11.5. The fourth-order valence-electron chi connectivity index (χ4n) is 4.24. The molecule has 33 heavy (non-hydrogen) atoms. The van der Waals surface area contributed by atoms with Crippen LogP contribution >= 0.6 is 0 Å². The summed E-state index contributed by atoms with van der Waals surface area (Å²) >= 11 is 0. The van der Waals surface area contributed by atoms with Crippen LogP contribution in [-0.2, 0) is 19.6 Å². The van der Waals surface area contributed by atoms with Gasteiger partial charge in [0.05, 0.1) is 18.6 Å². The number of imidazole rings is 1. The Morgan fingerprint density at radius 3 is 2.39 bits per heavy atom. The molecule has 3 aromatic rings. The van der Waals surface area contributed by atoms with Crippen LogP contribution < -0.4 is 11.2 Å². The van der Waals surface area contributed by atoms with Crippen molar-refractivity contribution in [1.82, 2.24) is 23.7 Å². The molecule has 0 unspecified atom stereocenters. The van der Waals surface area contributed by atoms with E-state index in [0.29, 0.717) is 47.0 Å². The monoisotopic (exact) mass is 455 g/mol. The van der Waals surface area contributed by atoms with Gasteiger partial charge in [-0.15, -0.1) is 0 Å². The molecule has 0 aliphatic carbocycles. The van der Waals surface area contributed by atoms with E-state index in [2.05, 4.69) is 23.8 Å². The first kappa shape index (κ1) is 24.4. The van der Waals surface area contributed by atoms with Crippen molar-refractivity contribution in [2.45, 2.75) is 80.4 Å². The number of carbonyl (C=O) groups is 2. The Kier molecular flexibility index (Phi) is 7.19. The third-order valence-corrected chi connectivity index (χ3v) is 6.04. The number of hydrogen-bond donors (Lipinski definition) is 1. The number of ketones is 2. The van der Waals surface area contributed by atoms with Gasteiger partial charge in [-0.2, -0.15) is 0 Å². The maximum atomic E-state index is 13.4. The molecule has 0 atom stereocenters. The normalized spacial score (nSPS) is 11.6. The lowest BCUT2D eigenvalue weighted by Gasteiger charge is -2.12. The molecule has 0 saturated carbocycles. The van der Waals surface area contributed by atoms with Crippen LogP contribution in [0.1, 0.15) is 79.1 Å². The van der Waals surface area contributed by atoms with E-state index in [4.69, 9.17) is 0 Å². The molecule has 3 heterocycles. The summed E-state index contributed by atoms with van der Waals surface area (Å²) in [6.07, 6.45) is 4.07. The third kappa shape index (κ3) is 4.62. The molecular weight excluding hydrogens is 422 g/mol. The molecule has 178 valence electrons. The molecule has 0 bridgehead atoms. The summed E-state index contributed by atoms with van der Waals surface area (Å²) < 4.78 is 4.27. The Morgan fingerprint density at radius 1 is 1.12 bits per heavy atom. The summed E-state index contributed by atoms with van der Waals surface area (Å²) in [6.45, 7) is 11.7. The van der Waals surface area contributed by atoms with Crippen molar-refractivity contribution in [1.29, 1.82) is 0 Å². The minimum atomic E-state index is -0.545. The lowest BCUT2D eigenvalue weighted by Crippen LogP contribution is -2.42. The second-order valence-corrected chi connectivity index (χ2v) is 9.08. The molecular formula is C24H33N5O4. The van der Waals surface area contributed by atoms with Crippen LogP contribution in [0.5, 0.6) is 0 Å². The second kappa shape index (κ2) is 9.72. The zero-order chi connectivity index (χ0) is 24.4. The zero-order valence-corrected chi connectivity index (χ0v) is 20.3. The average Bonchev–Trinajstić information content (AvgIpc) is 3.30. The number of aromatic nitrogens is 5. The Bertz CT molecular complexity index is 1320. The molecule has 0 aliphatic heterocycles. The Hall–Kier alpha value is -3.23. The van der Waals surface area contributed by atoms with Crippen LogP contribution in [0.25, 0.3) is 11.2 Å². The van der Waals surface area contributed by atoms with Gasteiger partial charge < -0.3 is 9.55 Å². The highest BCUT2D eigenvalue weighted by Crippen LogP contribution is 2.19. The molecule has 3 aromatic heterocycles. The van der Waals surface area contributed by atoms with Gasteiger partial charge in [-0.25, -0.2) is 9.78 Å². The summed E-state index contributed by atoms with van der Waals surface area (Å²) in [6, 6.07) is 0. The number of aryl methyl sites for hydroxylation is 3. The number of H-pyrrole nitrogens is 1. The summed E-state index contributed by atoms with van der Waals surface area (Å²) in [5, 5.41) is 0. The number of unbranched alkanes of at least 4 members (excludes halogenated alkanes) is 1. The fraction of sp³-hybridized carbons (Fsp3) is 0.542. The zero-order valence-electron chi connectivity index (χ0n) is 20.3. The summed E-state index contributed by atoms with van der Waals surface area (Å²) in [4.78, 5) is 59.1. The molecule has 0 saturated heterocycles. The van der Waals surface area contributed by atoms with Gasteiger partial charge in [-0.1, -0.05) is 27.2 Å². The lowest BCUT2D eigenvalue weighted by atomic mass is 10.1. The SMILES string of the molecule is CCCCn1c(=O)n(CC(=O)c2[nH]c(C)c(C(C)=O)c2C)c(=O)c2c1ncn2CCC(C)C. The quantitative estimate of drug-likeness (QED) is 0.472. The van der Waals surface area contributed by atoms with E-state index in [9.17, 15) is 19.2 Å². The van der Waals surface area contributed by atoms with Gasteiger partial charge in [0.1, 0.15) is 0 Å². The Balaban J connectivity index is 2.14. The number of hydrogen-bond acceptors (Lipinski definition) is 5. The minimum absolute atomic E-state index is 0.144. The van der Waals surface area contributed by atoms with E-state index in [1.54, 1.807) is 24.7 Å². The molecule has 9 nitrogen and oxygen atoms in total. The van der Waals surface area contributed by atoms with E-state index in [1.807, 2.05) is 6.92 Å². The number of nitrogens with zero attached hydrogens (tertiary/aromatic N) is 4. The molecule has 1 N–H and O–H groups in total. The van der Waals surface area contributed by atoms with E-state index < -0.39 is 23.6 Å². The number of Topliss-reactive ketones (excluding diaryl/α,β-unsaturated/α-hetero) is 2. The number of fused-ring (bicyclic) bond motifs is 1. The second-order valence-electron chi connectivity index (χ2n) is 9.08. The molecule has 0 aliphatic rings. The van der Waals surface area contributed by atoms with Crippen molar-refractivity contribution >= 4 is 22.7 Å². The van der Waals surface area contributed by atoms with Gasteiger partial charge >= 0.3 is 5.69 Å². The van der Waals surface area contributed by atoms with Crippen LogP contribution in [0.2, 0.25) is 0 Å². The van der Waals surface area contributed by atoms with E-state index >= 15 is 0 Å². The van der Waals surface area contributed by atoms with Crippen LogP contribution in [0, 0.1) is 19.8 Å². The number of nitrogens with one attached hydrogen (secondary N) is 1. The van der Waals surface area contributed by atoms with E-state index in [0.717, 1.165) is 23.8 Å². The highest BCUT2D eigenvalue weighted by molar-refractivity contribution is 6.03.